The summed E-state index contributed by atoms with van der Waals surface area (Å²) in [5.41, 5.74) is 5.41. The Labute approximate surface area is 121 Å². The number of primary amides is 1. The number of rotatable bonds is 7. The number of aliphatic carboxylic acids is 1. The molecule has 9 nitrogen and oxygen atoms in total. The monoisotopic (exact) mass is 297 g/mol. The molecule has 0 aliphatic rings. The number of nitrogens with two attached hydrogens (primary N) is 1. The fraction of sp³-hybridized carbons (Fsp3) is 0.500. The van der Waals surface area contributed by atoms with E-state index in [-0.39, 0.29) is 12.5 Å². The highest BCUT2D eigenvalue weighted by Crippen LogP contribution is 2.11. The van der Waals surface area contributed by atoms with Gasteiger partial charge in [-0.15, -0.1) is 0 Å². The predicted molar refractivity (Wildman–Crippen MR) is 74.5 cm³/mol. The molecule has 0 aliphatic heterocycles. The Bertz CT molecular complexity index is 527. The largest absolute Gasteiger partial charge is 0.480 e. The number of anilines is 1. The third-order valence-electron chi connectivity index (χ3n) is 2.99. The second-order valence-corrected chi connectivity index (χ2v) is 4.68. The molecule has 0 aliphatic carbocycles. The zero-order valence-electron chi connectivity index (χ0n) is 11.9. The van der Waals surface area contributed by atoms with Crippen molar-refractivity contribution in [2.24, 2.45) is 11.7 Å². The normalized spacial score (nSPS) is 13.2. The van der Waals surface area contributed by atoms with Gasteiger partial charge in [-0.2, -0.15) is 5.10 Å². The minimum absolute atomic E-state index is 0.105. The molecule has 5 N–H and O–H groups in total. The lowest BCUT2D eigenvalue weighted by Gasteiger charge is -2.22. The summed E-state index contributed by atoms with van der Waals surface area (Å²) in [6.45, 7) is 3.40. The number of nitrogens with zero attached hydrogens (tertiary/aromatic N) is 2. The van der Waals surface area contributed by atoms with Gasteiger partial charge in [-0.05, 0) is 5.92 Å². The highest BCUT2D eigenvalue weighted by atomic mass is 16.4. The Kier molecular flexibility index (Phi) is 5.70. The number of carboxylic acid groups (broad SMARTS) is 1. The van der Waals surface area contributed by atoms with Crippen molar-refractivity contribution in [1.82, 2.24) is 15.1 Å². The Morgan fingerprint density at radius 2 is 2.14 bits per heavy atom. The Morgan fingerprint density at radius 1 is 1.48 bits per heavy atom. The van der Waals surface area contributed by atoms with Crippen LogP contribution in [-0.4, -0.2) is 38.8 Å². The van der Waals surface area contributed by atoms with E-state index in [1.54, 1.807) is 0 Å². The van der Waals surface area contributed by atoms with Gasteiger partial charge in [0.15, 0.2) is 0 Å². The van der Waals surface area contributed by atoms with E-state index in [0.717, 1.165) is 0 Å². The van der Waals surface area contributed by atoms with Crippen LogP contribution in [0.25, 0.3) is 0 Å². The standard InChI is InChI=1S/C12H19N5O4/c1-3-7(2)10(16-12(13)21)11(20)15-8-4-14-17(5-8)6-9(18)19/h4-5,7,10H,3,6H2,1-2H3,(H,15,20)(H,18,19)(H3,13,16,21). The smallest absolute Gasteiger partial charge is 0.325 e. The van der Waals surface area contributed by atoms with E-state index in [1.807, 2.05) is 13.8 Å². The van der Waals surface area contributed by atoms with E-state index in [9.17, 15) is 14.4 Å². The third-order valence-corrected chi connectivity index (χ3v) is 2.99. The van der Waals surface area contributed by atoms with Gasteiger partial charge < -0.3 is 21.5 Å². The van der Waals surface area contributed by atoms with Gasteiger partial charge in [0, 0.05) is 6.20 Å². The molecule has 21 heavy (non-hydrogen) atoms. The van der Waals surface area contributed by atoms with Crippen LogP contribution in [0.5, 0.6) is 0 Å². The first-order chi connectivity index (χ1) is 9.83. The second-order valence-electron chi connectivity index (χ2n) is 4.68. The molecule has 0 saturated carbocycles. The van der Waals surface area contributed by atoms with Crippen molar-refractivity contribution in [2.45, 2.75) is 32.9 Å². The van der Waals surface area contributed by atoms with Crippen LogP contribution in [0.4, 0.5) is 10.5 Å². The number of nitrogens with one attached hydrogen (secondary N) is 2. The maximum absolute atomic E-state index is 12.1. The summed E-state index contributed by atoms with van der Waals surface area (Å²) < 4.78 is 1.18. The topological polar surface area (TPSA) is 139 Å². The first kappa shape index (κ1) is 16.5. The maximum Gasteiger partial charge on any atom is 0.325 e. The molecule has 1 heterocycles. The number of aromatic nitrogens is 2. The Balaban J connectivity index is 2.74. The summed E-state index contributed by atoms with van der Waals surface area (Å²) in [5.74, 6) is -1.58. The van der Waals surface area contributed by atoms with E-state index in [1.165, 1.54) is 17.1 Å². The SMILES string of the molecule is CCC(C)C(NC(N)=O)C(=O)Nc1cnn(CC(=O)O)c1. The second kappa shape index (κ2) is 7.27. The molecule has 0 saturated heterocycles. The summed E-state index contributed by atoms with van der Waals surface area (Å²) in [4.78, 5) is 33.7. The van der Waals surface area contributed by atoms with Crippen LogP contribution < -0.4 is 16.4 Å². The number of amides is 3. The fourth-order valence-corrected chi connectivity index (χ4v) is 1.73. The number of hydrogen-bond donors (Lipinski definition) is 4. The quantitative estimate of drug-likeness (QED) is 0.560. The fourth-order valence-electron chi connectivity index (χ4n) is 1.73. The Hall–Kier alpha value is -2.58. The van der Waals surface area contributed by atoms with Gasteiger partial charge in [-0.25, -0.2) is 4.79 Å². The van der Waals surface area contributed by atoms with Crippen molar-refractivity contribution in [1.29, 1.82) is 0 Å². The van der Waals surface area contributed by atoms with Crippen LogP contribution in [0.3, 0.4) is 0 Å². The van der Waals surface area contributed by atoms with Gasteiger partial charge in [0.1, 0.15) is 12.6 Å². The summed E-state index contributed by atoms with van der Waals surface area (Å²) in [5, 5.41) is 17.4. The van der Waals surface area contributed by atoms with Crippen LogP contribution >= 0.6 is 0 Å². The van der Waals surface area contributed by atoms with Crippen molar-refractivity contribution in [2.75, 3.05) is 5.32 Å². The van der Waals surface area contributed by atoms with Gasteiger partial charge in [-0.3, -0.25) is 14.3 Å². The molecule has 116 valence electrons. The number of carboxylic acids is 1. The highest BCUT2D eigenvalue weighted by molar-refractivity contribution is 5.96. The van der Waals surface area contributed by atoms with Crippen molar-refractivity contribution in [3.63, 3.8) is 0 Å². The molecule has 0 fully saturated rings. The van der Waals surface area contributed by atoms with E-state index in [2.05, 4.69) is 15.7 Å². The van der Waals surface area contributed by atoms with Gasteiger partial charge in [-0.1, -0.05) is 20.3 Å². The first-order valence-corrected chi connectivity index (χ1v) is 6.44. The van der Waals surface area contributed by atoms with Gasteiger partial charge in [0.2, 0.25) is 5.91 Å². The lowest BCUT2D eigenvalue weighted by atomic mass is 9.98. The van der Waals surface area contributed by atoms with Gasteiger partial charge >= 0.3 is 12.0 Å². The van der Waals surface area contributed by atoms with Crippen LogP contribution in [0.2, 0.25) is 0 Å². The molecule has 3 amide bonds. The van der Waals surface area contributed by atoms with Crippen LogP contribution in [-0.2, 0) is 16.1 Å². The predicted octanol–water partition coefficient (Wildman–Crippen LogP) is -0.0108. The summed E-state index contributed by atoms with van der Waals surface area (Å²) in [6.07, 6.45) is 3.40. The molecular formula is C12H19N5O4. The number of urea groups is 1. The van der Waals surface area contributed by atoms with E-state index >= 15 is 0 Å². The average molecular weight is 297 g/mol. The lowest BCUT2D eigenvalue weighted by Crippen LogP contribution is -2.49. The molecule has 9 heteroatoms. The molecule has 1 aromatic heterocycles. The molecule has 2 atom stereocenters. The zero-order valence-corrected chi connectivity index (χ0v) is 11.9. The molecule has 1 aromatic rings. The third kappa shape index (κ3) is 5.13. The number of carbonyl (C=O) groups excluding carboxylic acids is 2. The van der Waals surface area contributed by atoms with Gasteiger partial charge in [0.05, 0.1) is 11.9 Å². The summed E-state index contributed by atoms with van der Waals surface area (Å²) in [6, 6.07) is -1.55. The molecular weight excluding hydrogens is 278 g/mol. The van der Waals surface area contributed by atoms with Crippen molar-refractivity contribution < 1.29 is 19.5 Å². The number of carbonyl (C=O) groups is 3. The van der Waals surface area contributed by atoms with Crippen LogP contribution in [0.1, 0.15) is 20.3 Å². The Morgan fingerprint density at radius 3 is 2.67 bits per heavy atom. The molecule has 1 rings (SSSR count). The van der Waals surface area contributed by atoms with Crippen molar-refractivity contribution in [3.8, 4) is 0 Å². The average Bonchev–Trinajstić information content (AvgIpc) is 2.81. The van der Waals surface area contributed by atoms with Crippen molar-refractivity contribution in [3.05, 3.63) is 12.4 Å². The summed E-state index contributed by atoms with van der Waals surface area (Å²) >= 11 is 0. The molecule has 2 unspecified atom stereocenters. The van der Waals surface area contributed by atoms with E-state index in [4.69, 9.17) is 10.8 Å². The van der Waals surface area contributed by atoms with Crippen LogP contribution in [0, 0.1) is 5.92 Å². The molecule has 0 aromatic carbocycles. The zero-order chi connectivity index (χ0) is 16.0. The summed E-state index contributed by atoms with van der Waals surface area (Å²) in [7, 11) is 0. The van der Waals surface area contributed by atoms with Gasteiger partial charge in [0.25, 0.3) is 0 Å². The molecule has 0 spiro atoms. The molecule has 0 radical (unpaired) electrons. The highest BCUT2D eigenvalue weighted by Gasteiger charge is 2.25. The minimum atomic E-state index is -1.04. The number of hydrogen-bond acceptors (Lipinski definition) is 4. The van der Waals surface area contributed by atoms with Crippen LogP contribution in [0.15, 0.2) is 12.4 Å². The maximum atomic E-state index is 12.1. The van der Waals surface area contributed by atoms with Crippen molar-refractivity contribution >= 4 is 23.6 Å². The minimum Gasteiger partial charge on any atom is -0.480 e. The lowest BCUT2D eigenvalue weighted by molar-refractivity contribution is -0.137. The molecule has 0 bridgehead atoms. The van der Waals surface area contributed by atoms with E-state index in [0.29, 0.717) is 12.1 Å². The first-order valence-electron chi connectivity index (χ1n) is 6.44. The van der Waals surface area contributed by atoms with E-state index < -0.39 is 23.9 Å².